The summed E-state index contributed by atoms with van der Waals surface area (Å²) in [5, 5.41) is 0. The van der Waals surface area contributed by atoms with Gasteiger partial charge >= 0.3 is 0 Å². The Bertz CT molecular complexity index is 4340. The molecule has 7 nitrogen and oxygen atoms in total. The van der Waals surface area contributed by atoms with Gasteiger partial charge in [0, 0.05) is 5.56 Å². The molecule has 0 saturated carbocycles. The van der Waals surface area contributed by atoms with Gasteiger partial charge in [0.25, 0.3) is 0 Å². The summed E-state index contributed by atoms with van der Waals surface area (Å²) >= 11 is 0. The third kappa shape index (κ3) is 6.08. The molecule has 4 aromatic heterocycles. The first-order valence-corrected chi connectivity index (χ1v) is 23.7. The molecule has 0 unspecified atom stereocenters. The lowest BCUT2D eigenvalue weighted by molar-refractivity contribution is 1.07. The molecule has 330 valence electrons. The van der Waals surface area contributed by atoms with Gasteiger partial charge in [-0.2, -0.15) is 0 Å². The maximum Gasteiger partial charge on any atom is 0.220 e. The highest BCUT2D eigenvalue weighted by Crippen LogP contribution is 2.44. The van der Waals surface area contributed by atoms with E-state index in [4.69, 9.17) is 15.7 Å². The minimum Gasteiger partial charge on any atom is -0.397 e. The van der Waals surface area contributed by atoms with Gasteiger partial charge in [0.2, 0.25) is 11.6 Å². The van der Waals surface area contributed by atoms with Crippen LogP contribution in [0.2, 0.25) is 0 Å². The summed E-state index contributed by atoms with van der Waals surface area (Å²) < 4.78 is 9.25. The second-order valence-electron chi connectivity index (χ2n) is 18.1. The Balaban J connectivity index is 1.10. The molecule has 0 bridgehead atoms. The fourth-order valence-corrected chi connectivity index (χ4v) is 10.7. The summed E-state index contributed by atoms with van der Waals surface area (Å²) in [4.78, 5) is 11.0. The lowest BCUT2D eigenvalue weighted by Crippen LogP contribution is -2.08. The second-order valence-corrected chi connectivity index (χ2v) is 18.1. The van der Waals surface area contributed by atoms with E-state index >= 15 is 0 Å². The molecule has 0 aliphatic heterocycles. The molecule has 0 fully saturated rings. The lowest BCUT2D eigenvalue weighted by Gasteiger charge is -2.21. The number of hydrogen-bond acceptors (Lipinski definition) is 3. The van der Waals surface area contributed by atoms with Crippen LogP contribution in [0.4, 0.5) is 5.69 Å². The van der Waals surface area contributed by atoms with Crippen LogP contribution in [0.3, 0.4) is 0 Å². The number of anilines is 1. The van der Waals surface area contributed by atoms with Crippen LogP contribution in [0.5, 0.6) is 0 Å². The molecule has 70 heavy (non-hydrogen) atoms. The predicted molar refractivity (Wildman–Crippen MR) is 289 cm³/mol. The average Bonchev–Trinajstić information content (AvgIpc) is 4.16. The zero-order valence-electron chi connectivity index (χ0n) is 38.2. The summed E-state index contributed by atoms with van der Waals surface area (Å²) in [6.07, 6.45) is 0. The van der Waals surface area contributed by atoms with Gasteiger partial charge in [-0.15, -0.1) is 0 Å². The molecule has 0 amide bonds. The van der Waals surface area contributed by atoms with Crippen LogP contribution in [0.25, 0.3) is 123 Å². The molecule has 0 saturated heterocycles. The third-order valence-corrected chi connectivity index (χ3v) is 14.1. The van der Waals surface area contributed by atoms with Gasteiger partial charge in [0.15, 0.2) is 0 Å². The van der Waals surface area contributed by atoms with Crippen molar-refractivity contribution in [1.82, 2.24) is 27.9 Å². The molecule has 14 rings (SSSR count). The van der Waals surface area contributed by atoms with E-state index in [1.54, 1.807) is 0 Å². The summed E-state index contributed by atoms with van der Waals surface area (Å²) in [6.45, 7) is 2.15. The van der Waals surface area contributed by atoms with E-state index in [0.29, 0.717) is 5.69 Å². The highest BCUT2D eigenvalue weighted by Gasteiger charge is 2.27. The molecule has 0 radical (unpaired) electrons. The number of imidazole rings is 4. The summed E-state index contributed by atoms with van der Waals surface area (Å²) in [7, 11) is 0. The monoisotopic (exact) mass is 897 g/mol. The lowest BCUT2D eigenvalue weighted by atomic mass is 9.95. The minimum absolute atomic E-state index is 0.672. The molecule has 2 N–H and O–H groups in total. The number of nitrogens with two attached hydrogens (primary N) is 1. The number of nitrogen functional groups attached to an aromatic ring is 1. The first-order valence-electron chi connectivity index (χ1n) is 23.7. The van der Waals surface area contributed by atoms with Gasteiger partial charge in [-0.25, -0.2) is 9.97 Å². The number of fused-ring (bicyclic) bond motifs is 10. The molecular formula is C63H43N7. The van der Waals surface area contributed by atoms with Crippen LogP contribution in [0.15, 0.2) is 231 Å². The standard InChI is InChI=1S/C63H43N7/c1-40-60(45-25-15-6-16-26-45)58(67-52-33-29-48(43-21-11-4-12-22-43)37-56(52)69-54-35-46(41-17-7-2-8-18-41)27-31-50(54)65-62(67)69)39-59(61(40)64)68-53-34-30-49(44-23-13-5-14-24-44)38-57(53)70-55-36-47(42-19-9-3-10-20-42)28-32-51(55)66-63(68)70/h2-39H,64H2,1H3. The SMILES string of the molecule is Cc1c(N)c(-n2c3ccc(-c4ccccc4)cc3n3c4cc(-c5ccccc5)ccc4nc23)cc(-n2c3ccc(-c4ccccc4)cc3n3c4cc(-c5ccccc5)ccc4nc23)c1-c1ccccc1. The van der Waals surface area contributed by atoms with Crippen molar-refractivity contribution in [2.24, 2.45) is 0 Å². The van der Waals surface area contributed by atoms with E-state index in [1.807, 2.05) is 0 Å². The largest absolute Gasteiger partial charge is 0.397 e. The molecule has 0 aliphatic carbocycles. The van der Waals surface area contributed by atoms with Crippen LogP contribution in [-0.2, 0) is 0 Å². The third-order valence-electron chi connectivity index (χ3n) is 14.1. The van der Waals surface area contributed by atoms with Crippen LogP contribution >= 0.6 is 0 Å². The summed E-state index contributed by atoms with van der Waals surface area (Å²) in [5.74, 6) is 1.59. The topological polar surface area (TPSA) is 70.5 Å². The summed E-state index contributed by atoms with van der Waals surface area (Å²) in [5.41, 5.74) is 30.2. The highest BCUT2D eigenvalue weighted by molar-refractivity contribution is 6.00. The number of rotatable bonds is 7. The number of nitrogens with zero attached hydrogens (tertiary/aromatic N) is 6. The Morgan fingerprint density at radius 3 is 1.06 bits per heavy atom. The van der Waals surface area contributed by atoms with Gasteiger partial charge in [-0.1, -0.05) is 176 Å². The van der Waals surface area contributed by atoms with Crippen LogP contribution in [-0.4, -0.2) is 27.9 Å². The maximum atomic E-state index is 7.59. The maximum absolute atomic E-state index is 7.59. The predicted octanol–water partition coefficient (Wildman–Crippen LogP) is 15.4. The molecule has 14 aromatic rings. The quantitative estimate of drug-likeness (QED) is 0.162. The van der Waals surface area contributed by atoms with Crippen LogP contribution in [0, 0.1) is 6.92 Å². The Morgan fingerprint density at radius 1 is 0.314 bits per heavy atom. The van der Waals surface area contributed by atoms with Gasteiger partial charge < -0.3 is 5.73 Å². The fraction of sp³-hybridized carbons (Fsp3) is 0.0159. The van der Waals surface area contributed by atoms with Crippen molar-refractivity contribution < 1.29 is 0 Å². The van der Waals surface area contributed by atoms with E-state index in [2.05, 4.69) is 255 Å². The summed E-state index contributed by atoms with van der Waals surface area (Å²) in [6, 6.07) is 81.8. The van der Waals surface area contributed by atoms with Gasteiger partial charge in [-0.05, 0) is 117 Å². The Kier molecular flexibility index (Phi) is 8.82. The van der Waals surface area contributed by atoms with Gasteiger partial charge in [0.1, 0.15) is 0 Å². The molecular weight excluding hydrogens is 855 g/mol. The smallest absolute Gasteiger partial charge is 0.220 e. The zero-order chi connectivity index (χ0) is 46.5. The van der Waals surface area contributed by atoms with Crippen molar-refractivity contribution in [2.75, 3.05) is 5.73 Å². The zero-order valence-corrected chi connectivity index (χ0v) is 38.2. The van der Waals surface area contributed by atoms with E-state index < -0.39 is 0 Å². The average molecular weight is 898 g/mol. The Morgan fingerprint density at radius 2 is 0.657 bits per heavy atom. The highest BCUT2D eigenvalue weighted by atomic mass is 15.2. The first kappa shape index (κ1) is 39.7. The molecule has 10 aromatic carbocycles. The van der Waals surface area contributed by atoms with Crippen molar-refractivity contribution in [3.8, 4) is 67.0 Å². The minimum atomic E-state index is 0.672. The molecule has 0 atom stereocenters. The normalized spacial score (nSPS) is 11.8. The van der Waals surface area contributed by atoms with E-state index in [-0.39, 0.29) is 0 Å². The van der Waals surface area contributed by atoms with Crippen LogP contribution in [0.1, 0.15) is 5.56 Å². The Hall–Kier alpha value is -9.46. The van der Waals surface area contributed by atoms with E-state index in [9.17, 15) is 0 Å². The van der Waals surface area contributed by atoms with E-state index in [1.165, 1.54) is 0 Å². The van der Waals surface area contributed by atoms with Crippen molar-refractivity contribution in [2.45, 2.75) is 6.92 Å². The van der Waals surface area contributed by atoms with Gasteiger partial charge in [0.05, 0.1) is 61.2 Å². The fourth-order valence-electron chi connectivity index (χ4n) is 10.7. The molecule has 4 heterocycles. The molecule has 0 aliphatic rings. The number of hydrogen-bond donors (Lipinski definition) is 1. The van der Waals surface area contributed by atoms with Crippen LogP contribution < -0.4 is 5.73 Å². The molecule has 0 spiro atoms. The van der Waals surface area contributed by atoms with E-state index in [0.717, 1.165) is 128 Å². The van der Waals surface area contributed by atoms with Crippen molar-refractivity contribution in [1.29, 1.82) is 0 Å². The van der Waals surface area contributed by atoms with Crippen molar-refractivity contribution >= 4 is 61.4 Å². The van der Waals surface area contributed by atoms with Crippen molar-refractivity contribution in [3.63, 3.8) is 0 Å². The first-order chi connectivity index (χ1) is 34.6. The van der Waals surface area contributed by atoms with Gasteiger partial charge in [-0.3, -0.25) is 17.9 Å². The molecule has 7 heteroatoms. The van der Waals surface area contributed by atoms with Crippen molar-refractivity contribution in [3.05, 3.63) is 236 Å². The number of aromatic nitrogens is 6. The Labute approximate surface area is 403 Å². The second kappa shape index (κ2) is 15.6. The number of benzene rings is 10.